The molecule has 0 bridgehead atoms. The molecule has 1 saturated heterocycles. The van der Waals surface area contributed by atoms with Crippen molar-refractivity contribution in [2.45, 2.75) is 13.3 Å². The van der Waals surface area contributed by atoms with Gasteiger partial charge < -0.3 is 15.4 Å². The lowest BCUT2D eigenvalue weighted by molar-refractivity contribution is -0.118. The quantitative estimate of drug-likeness (QED) is 0.415. The molecular formula is C23H27N7O3S. The second-order valence-electron chi connectivity index (χ2n) is 7.95. The molecule has 10 nitrogen and oxygen atoms in total. The molecule has 0 radical (unpaired) electrons. The molecule has 0 aromatic carbocycles. The lowest BCUT2D eigenvalue weighted by Gasteiger charge is -2.29. The summed E-state index contributed by atoms with van der Waals surface area (Å²) in [7, 11) is 1.57. The fourth-order valence-electron chi connectivity index (χ4n) is 3.67. The maximum Gasteiger partial charge on any atom is 0.260 e. The van der Waals surface area contributed by atoms with E-state index in [1.54, 1.807) is 37.0 Å². The van der Waals surface area contributed by atoms with E-state index in [0.29, 0.717) is 39.9 Å². The number of hydrogen-bond acceptors (Lipinski definition) is 8. The van der Waals surface area contributed by atoms with Crippen molar-refractivity contribution >= 4 is 39.4 Å². The highest BCUT2D eigenvalue weighted by Gasteiger charge is 2.20. The largest absolute Gasteiger partial charge is 0.481 e. The Morgan fingerprint density at radius 1 is 1.24 bits per heavy atom. The molecule has 0 atom stereocenters. The van der Waals surface area contributed by atoms with Gasteiger partial charge in [-0.15, -0.1) is 11.3 Å². The summed E-state index contributed by atoms with van der Waals surface area (Å²) in [5.41, 5.74) is 2.97. The van der Waals surface area contributed by atoms with Crippen LogP contribution in [0, 0.1) is 6.92 Å². The Balaban J connectivity index is 0.00000180. The zero-order chi connectivity index (χ0) is 23.7. The van der Waals surface area contributed by atoms with Crippen molar-refractivity contribution < 1.29 is 17.2 Å². The van der Waals surface area contributed by atoms with Gasteiger partial charge in [0.15, 0.2) is 0 Å². The van der Waals surface area contributed by atoms with Crippen molar-refractivity contribution in [1.82, 2.24) is 24.5 Å². The van der Waals surface area contributed by atoms with Crippen LogP contribution in [0.15, 0.2) is 43.0 Å². The Morgan fingerprint density at radius 2 is 2.09 bits per heavy atom. The molecule has 178 valence electrons. The number of aryl methyl sites for hydroxylation is 1. The fraction of sp³-hybridized carbons (Fsp3) is 0.261. The van der Waals surface area contributed by atoms with Gasteiger partial charge in [0, 0.05) is 15.2 Å². The summed E-state index contributed by atoms with van der Waals surface area (Å²) in [5, 5.41) is 10.1. The van der Waals surface area contributed by atoms with Gasteiger partial charge in [0.25, 0.3) is 5.91 Å². The Bertz CT molecular complexity index is 1390. The first kappa shape index (κ1) is 22.0. The number of thiazole rings is 1. The minimum atomic E-state index is -0.310. The summed E-state index contributed by atoms with van der Waals surface area (Å²) in [5.74, 6) is 0.0982. The van der Waals surface area contributed by atoms with Gasteiger partial charge in [0.05, 0.1) is 59.1 Å². The van der Waals surface area contributed by atoms with Crippen molar-refractivity contribution in [3.8, 4) is 16.3 Å². The molecule has 0 spiro atoms. The minimum Gasteiger partial charge on any atom is -0.481 e. The smallest absolute Gasteiger partial charge is 0.260 e. The van der Waals surface area contributed by atoms with Crippen LogP contribution in [0.25, 0.3) is 15.3 Å². The topological polar surface area (TPSA) is 114 Å². The Labute approximate surface area is 202 Å². The number of amides is 2. The van der Waals surface area contributed by atoms with Crippen molar-refractivity contribution in [3.05, 3.63) is 54.2 Å². The zero-order valence-electron chi connectivity index (χ0n) is 18.7. The van der Waals surface area contributed by atoms with E-state index in [1.807, 2.05) is 18.3 Å². The third-order valence-electron chi connectivity index (χ3n) is 5.61. The average Bonchev–Trinajstić information content (AvgIpc) is 3.39. The van der Waals surface area contributed by atoms with Crippen LogP contribution < -0.4 is 15.4 Å². The fourth-order valence-corrected chi connectivity index (χ4v) is 4.74. The third-order valence-corrected chi connectivity index (χ3v) is 6.75. The molecule has 1 aliphatic heterocycles. The molecule has 0 saturated carbocycles. The van der Waals surface area contributed by atoms with Gasteiger partial charge in [-0.2, -0.15) is 5.10 Å². The molecule has 34 heavy (non-hydrogen) atoms. The molecule has 11 heteroatoms. The molecule has 0 unspecified atom stereocenters. The van der Waals surface area contributed by atoms with Crippen molar-refractivity contribution in [2.24, 2.45) is 0 Å². The van der Waals surface area contributed by atoms with Crippen LogP contribution >= 0.6 is 11.3 Å². The Kier molecular flexibility index (Phi) is 5.95. The van der Waals surface area contributed by atoms with Crippen LogP contribution in [0.2, 0.25) is 0 Å². The summed E-state index contributed by atoms with van der Waals surface area (Å²) < 4.78 is 7.02. The predicted molar refractivity (Wildman–Crippen MR) is 134 cm³/mol. The standard InChI is InChI=1S/C23H23N7O3S.2H2/c1-14-18(9-15(10-25-14)27-20(31)13-29-7-4-8-29)28-21(32)17-11-26-30-12-19(34-23(17)30)16-5-3-6-24-22(16)33-2;;/h3,5-6,9-12H,4,7-8,13H2,1-2H3,(H,27,31)(H,28,32);2*1H. The van der Waals surface area contributed by atoms with E-state index in [2.05, 4.69) is 30.6 Å². The number of rotatable bonds is 7. The first-order valence-corrected chi connectivity index (χ1v) is 11.6. The molecule has 4 aromatic rings. The van der Waals surface area contributed by atoms with Gasteiger partial charge in [-0.3, -0.25) is 19.5 Å². The van der Waals surface area contributed by atoms with E-state index < -0.39 is 0 Å². The molecule has 5 heterocycles. The number of aromatic nitrogens is 4. The number of ether oxygens (including phenoxy) is 1. The lowest BCUT2D eigenvalue weighted by atomic mass is 10.2. The molecule has 0 aliphatic carbocycles. The van der Waals surface area contributed by atoms with Gasteiger partial charge in [0.2, 0.25) is 11.8 Å². The maximum atomic E-state index is 13.1. The summed E-state index contributed by atoms with van der Waals surface area (Å²) >= 11 is 1.42. The van der Waals surface area contributed by atoms with Gasteiger partial charge >= 0.3 is 0 Å². The number of carbonyl (C=O) groups is 2. The summed E-state index contributed by atoms with van der Waals surface area (Å²) in [6, 6.07) is 5.46. The number of methoxy groups -OCH3 is 1. The van der Waals surface area contributed by atoms with Gasteiger partial charge in [-0.25, -0.2) is 9.50 Å². The maximum absolute atomic E-state index is 13.1. The lowest BCUT2D eigenvalue weighted by Crippen LogP contribution is -2.42. The number of fused-ring (bicyclic) bond motifs is 1. The van der Waals surface area contributed by atoms with Crippen LogP contribution in [0.3, 0.4) is 0 Å². The summed E-state index contributed by atoms with van der Waals surface area (Å²) in [6.45, 7) is 4.04. The Morgan fingerprint density at radius 3 is 2.85 bits per heavy atom. The summed E-state index contributed by atoms with van der Waals surface area (Å²) in [4.78, 5) is 37.6. The van der Waals surface area contributed by atoms with Crippen LogP contribution in [-0.4, -0.2) is 63.0 Å². The third kappa shape index (κ3) is 4.35. The van der Waals surface area contributed by atoms with E-state index in [9.17, 15) is 9.59 Å². The monoisotopic (exact) mass is 481 g/mol. The van der Waals surface area contributed by atoms with E-state index in [0.717, 1.165) is 30.0 Å². The highest BCUT2D eigenvalue weighted by molar-refractivity contribution is 7.21. The highest BCUT2D eigenvalue weighted by Crippen LogP contribution is 2.35. The molecule has 2 N–H and O–H groups in total. The van der Waals surface area contributed by atoms with Crippen LogP contribution in [0.4, 0.5) is 11.4 Å². The molecular weight excluding hydrogens is 454 g/mol. The normalized spacial score (nSPS) is 13.5. The molecule has 1 fully saturated rings. The number of carbonyl (C=O) groups excluding carboxylic acids is 2. The minimum absolute atomic E-state index is 0. The van der Waals surface area contributed by atoms with Gasteiger partial charge in [-0.1, -0.05) is 0 Å². The van der Waals surface area contributed by atoms with E-state index in [1.165, 1.54) is 17.5 Å². The molecule has 5 rings (SSSR count). The van der Waals surface area contributed by atoms with E-state index in [-0.39, 0.29) is 14.7 Å². The van der Waals surface area contributed by atoms with Gasteiger partial charge in [-0.05, 0) is 44.6 Å². The number of likely N-dealkylation sites (tertiary alicyclic amines) is 1. The molecule has 1 aliphatic rings. The average molecular weight is 482 g/mol. The number of hydrogen-bond donors (Lipinski definition) is 2. The van der Waals surface area contributed by atoms with E-state index in [4.69, 9.17) is 4.74 Å². The first-order valence-electron chi connectivity index (χ1n) is 10.8. The van der Waals surface area contributed by atoms with Gasteiger partial charge in [0.1, 0.15) is 4.83 Å². The second-order valence-corrected chi connectivity index (χ2v) is 8.98. The van der Waals surface area contributed by atoms with Crippen molar-refractivity contribution in [1.29, 1.82) is 0 Å². The second kappa shape index (κ2) is 9.20. The number of anilines is 2. The Hall–Kier alpha value is -3.83. The van der Waals surface area contributed by atoms with Crippen LogP contribution in [0.5, 0.6) is 5.88 Å². The highest BCUT2D eigenvalue weighted by atomic mass is 32.1. The molecule has 2 amide bonds. The summed E-state index contributed by atoms with van der Waals surface area (Å²) in [6.07, 6.45) is 7.76. The zero-order valence-corrected chi connectivity index (χ0v) is 19.6. The van der Waals surface area contributed by atoms with Crippen LogP contribution in [0.1, 0.15) is 25.3 Å². The number of nitrogens with zero attached hydrogens (tertiary/aromatic N) is 5. The van der Waals surface area contributed by atoms with Crippen molar-refractivity contribution in [2.75, 3.05) is 37.4 Å². The number of pyridine rings is 2. The van der Waals surface area contributed by atoms with Crippen molar-refractivity contribution in [3.63, 3.8) is 0 Å². The van der Waals surface area contributed by atoms with Crippen LogP contribution in [-0.2, 0) is 4.79 Å². The van der Waals surface area contributed by atoms with E-state index >= 15 is 0 Å². The SMILES string of the molecule is COc1ncccc1-c1cn2ncc(C(=O)Nc3cc(NC(=O)CN4CCC4)cnc3C)c2s1.[HH].[HH]. The first-order chi connectivity index (χ1) is 16.5. The number of nitrogens with one attached hydrogen (secondary N) is 2. The predicted octanol–water partition coefficient (Wildman–Crippen LogP) is 3.56. The molecule has 4 aromatic heterocycles.